The molecule has 1 N–H and O–H groups in total. The molecular formula is C15H22O3. The van der Waals surface area contributed by atoms with E-state index in [0.29, 0.717) is 17.6 Å². The van der Waals surface area contributed by atoms with Crippen LogP contribution in [0.2, 0.25) is 0 Å². The molecule has 0 radical (unpaired) electrons. The van der Waals surface area contributed by atoms with Gasteiger partial charge in [-0.3, -0.25) is 0 Å². The lowest BCUT2D eigenvalue weighted by molar-refractivity contribution is -0.133. The maximum atomic E-state index is 11.1. The van der Waals surface area contributed by atoms with Gasteiger partial charge in [-0.2, -0.15) is 0 Å². The number of hydrogen-bond donors (Lipinski definition) is 1. The van der Waals surface area contributed by atoms with Gasteiger partial charge in [-0.1, -0.05) is 20.4 Å². The Balaban J connectivity index is 1.85. The van der Waals surface area contributed by atoms with Gasteiger partial charge < -0.3 is 9.84 Å². The van der Waals surface area contributed by atoms with Gasteiger partial charge in [-0.05, 0) is 43.9 Å². The highest BCUT2D eigenvalue weighted by Crippen LogP contribution is 2.67. The van der Waals surface area contributed by atoms with Gasteiger partial charge in [0.25, 0.3) is 0 Å². The maximum Gasteiger partial charge on any atom is 0.331 e. The van der Waals surface area contributed by atoms with Crippen LogP contribution in [0.25, 0.3) is 0 Å². The molecule has 0 amide bonds. The predicted molar refractivity (Wildman–Crippen MR) is 68.2 cm³/mol. The standard InChI is InChI=1S/C15H22O3/c1-9-4-5-12-15(18-12)7-6-11(8-14(9,15)3)10(2)13(16)17/h9,11-12H,2,4-8H2,1,3H3,(H,16,17). The van der Waals surface area contributed by atoms with E-state index in [1.165, 1.54) is 12.8 Å². The van der Waals surface area contributed by atoms with Gasteiger partial charge in [0.15, 0.2) is 0 Å². The lowest BCUT2D eigenvalue weighted by atomic mass is 9.53. The summed E-state index contributed by atoms with van der Waals surface area (Å²) in [5, 5.41) is 9.12. The fourth-order valence-corrected chi connectivity index (χ4v) is 4.51. The molecule has 2 aliphatic carbocycles. The highest BCUT2D eigenvalue weighted by molar-refractivity contribution is 5.86. The molecule has 0 aromatic rings. The lowest BCUT2D eigenvalue weighted by Gasteiger charge is -2.49. The van der Waals surface area contributed by atoms with Crippen molar-refractivity contribution in [3.05, 3.63) is 12.2 Å². The Morgan fingerprint density at radius 3 is 2.78 bits per heavy atom. The largest absolute Gasteiger partial charge is 0.478 e. The van der Waals surface area contributed by atoms with Gasteiger partial charge in [0.05, 0.1) is 6.10 Å². The number of epoxide rings is 1. The second-order valence-corrected chi connectivity index (χ2v) is 6.66. The topological polar surface area (TPSA) is 49.8 Å². The summed E-state index contributed by atoms with van der Waals surface area (Å²) in [7, 11) is 0. The van der Waals surface area contributed by atoms with Crippen molar-refractivity contribution in [3.8, 4) is 0 Å². The molecule has 2 saturated carbocycles. The number of hydrogen-bond acceptors (Lipinski definition) is 2. The summed E-state index contributed by atoms with van der Waals surface area (Å²) in [5.41, 5.74) is 0.595. The van der Waals surface area contributed by atoms with Crippen molar-refractivity contribution in [1.29, 1.82) is 0 Å². The number of carboxylic acids is 1. The van der Waals surface area contributed by atoms with Crippen LogP contribution in [0.4, 0.5) is 0 Å². The first kappa shape index (κ1) is 12.2. The van der Waals surface area contributed by atoms with Crippen molar-refractivity contribution in [1.82, 2.24) is 0 Å². The van der Waals surface area contributed by atoms with Crippen LogP contribution >= 0.6 is 0 Å². The van der Waals surface area contributed by atoms with Gasteiger partial charge in [-0.25, -0.2) is 4.79 Å². The molecule has 0 aromatic heterocycles. The van der Waals surface area contributed by atoms with E-state index >= 15 is 0 Å². The SMILES string of the molecule is C=C(C(=O)O)C1CCC23OC2CCC(C)C3(C)C1. The number of rotatable bonds is 2. The Hall–Kier alpha value is -0.830. The molecule has 1 saturated heterocycles. The maximum absolute atomic E-state index is 11.1. The quantitative estimate of drug-likeness (QED) is 0.605. The molecule has 3 fully saturated rings. The zero-order valence-electron chi connectivity index (χ0n) is 11.2. The number of carboxylic acid groups (broad SMARTS) is 1. The molecule has 1 heterocycles. The summed E-state index contributed by atoms with van der Waals surface area (Å²) >= 11 is 0. The zero-order chi connectivity index (χ0) is 13.1. The normalized spacial score (nSPS) is 50.0. The van der Waals surface area contributed by atoms with E-state index in [0.717, 1.165) is 19.3 Å². The summed E-state index contributed by atoms with van der Waals surface area (Å²) in [4.78, 5) is 11.1. The number of ether oxygens (including phenoxy) is 1. The first-order valence-electron chi connectivity index (χ1n) is 7.00. The fourth-order valence-electron chi connectivity index (χ4n) is 4.51. The van der Waals surface area contributed by atoms with Gasteiger partial charge in [0.1, 0.15) is 5.60 Å². The third-order valence-electron chi connectivity index (χ3n) is 6.03. The Labute approximate surface area is 108 Å². The predicted octanol–water partition coefficient (Wildman–Crippen LogP) is 3.00. The molecule has 3 rings (SSSR count). The second kappa shape index (κ2) is 3.60. The average molecular weight is 250 g/mol. The molecule has 0 bridgehead atoms. The van der Waals surface area contributed by atoms with Crippen molar-refractivity contribution in [3.63, 3.8) is 0 Å². The Morgan fingerprint density at radius 1 is 1.39 bits per heavy atom. The van der Waals surface area contributed by atoms with Crippen LogP contribution in [0, 0.1) is 17.3 Å². The van der Waals surface area contributed by atoms with E-state index in [4.69, 9.17) is 9.84 Å². The first-order valence-corrected chi connectivity index (χ1v) is 7.00. The molecule has 5 unspecified atom stereocenters. The van der Waals surface area contributed by atoms with Crippen LogP contribution in [0.1, 0.15) is 46.0 Å². The highest BCUT2D eigenvalue weighted by Gasteiger charge is 2.71. The van der Waals surface area contributed by atoms with Crippen LogP contribution in [0.5, 0.6) is 0 Å². The molecule has 18 heavy (non-hydrogen) atoms. The smallest absolute Gasteiger partial charge is 0.331 e. The summed E-state index contributed by atoms with van der Waals surface area (Å²) in [6.45, 7) is 8.37. The third kappa shape index (κ3) is 1.37. The minimum atomic E-state index is -0.837. The average Bonchev–Trinajstić information content (AvgIpc) is 3.04. The van der Waals surface area contributed by atoms with Crippen molar-refractivity contribution >= 4 is 5.97 Å². The van der Waals surface area contributed by atoms with Crippen LogP contribution in [0.3, 0.4) is 0 Å². The zero-order valence-corrected chi connectivity index (χ0v) is 11.2. The van der Waals surface area contributed by atoms with Crippen LogP contribution < -0.4 is 0 Å². The van der Waals surface area contributed by atoms with Gasteiger partial charge in [0.2, 0.25) is 0 Å². The van der Waals surface area contributed by atoms with E-state index in [1.807, 2.05) is 0 Å². The molecule has 3 aliphatic rings. The summed E-state index contributed by atoms with van der Waals surface area (Å²) < 4.78 is 6.05. The summed E-state index contributed by atoms with van der Waals surface area (Å²) in [6.07, 6.45) is 5.68. The molecule has 3 nitrogen and oxygen atoms in total. The third-order valence-corrected chi connectivity index (χ3v) is 6.03. The van der Waals surface area contributed by atoms with Gasteiger partial charge in [0, 0.05) is 11.0 Å². The van der Waals surface area contributed by atoms with Crippen LogP contribution in [-0.2, 0) is 9.53 Å². The molecule has 1 spiro atoms. The van der Waals surface area contributed by atoms with Crippen LogP contribution in [0.15, 0.2) is 12.2 Å². The minimum absolute atomic E-state index is 0.0694. The lowest BCUT2D eigenvalue weighted by Crippen LogP contribution is -2.50. The van der Waals surface area contributed by atoms with E-state index in [-0.39, 0.29) is 16.9 Å². The highest BCUT2D eigenvalue weighted by atomic mass is 16.6. The van der Waals surface area contributed by atoms with Crippen molar-refractivity contribution < 1.29 is 14.6 Å². The molecule has 0 aromatic carbocycles. The monoisotopic (exact) mass is 250 g/mol. The number of aliphatic carboxylic acids is 1. The fraction of sp³-hybridized carbons (Fsp3) is 0.800. The second-order valence-electron chi connectivity index (χ2n) is 6.66. The van der Waals surface area contributed by atoms with E-state index < -0.39 is 5.97 Å². The first-order chi connectivity index (χ1) is 8.41. The van der Waals surface area contributed by atoms with E-state index in [1.54, 1.807) is 0 Å². The molecule has 100 valence electrons. The Kier molecular flexibility index (Phi) is 2.44. The minimum Gasteiger partial charge on any atom is -0.478 e. The van der Waals surface area contributed by atoms with E-state index in [2.05, 4.69) is 20.4 Å². The summed E-state index contributed by atoms with van der Waals surface area (Å²) in [5.74, 6) is -0.0968. The van der Waals surface area contributed by atoms with Gasteiger partial charge >= 0.3 is 5.97 Å². The van der Waals surface area contributed by atoms with Crippen molar-refractivity contribution in [2.45, 2.75) is 57.7 Å². The van der Waals surface area contributed by atoms with Crippen molar-refractivity contribution in [2.75, 3.05) is 0 Å². The molecule has 5 atom stereocenters. The molecular weight excluding hydrogens is 228 g/mol. The van der Waals surface area contributed by atoms with Crippen LogP contribution in [-0.4, -0.2) is 22.8 Å². The Morgan fingerprint density at radius 2 is 2.11 bits per heavy atom. The molecule has 1 aliphatic heterocycles. The van der Waals surface area contributed by atoms with E-state index in [9.17, 15) is 4.79 Å². The van der Waals surface area contributed by atoms with Crippen molar-refractivity contribution in [2.24, 2.45) is 17.3 Å². The molecule has 3 heteroatoms. The number of carbonyl (C=O) groups is 1. The Bertz CT molecular complexity index is 416. The summed E-state index contributed by atoms with van der Waals surface area (Å²) in [6, 6.07) is 0. The van der Waals surface area contributed by atoms with Gasteiger partial charge in [-0.15, -0.1) is 0 Å².